The normalized spacial score (nSPS) is 11.9. The Hall–Kier alpha value is -1.59. The Kier molecular flexibility index (Phi) is 5.79. The van der Waals surface area contributed by atoms with Crippen LogP contribution >= 0.6 is 11.6 Å². The first-order valence-electron chi connectivity index (χ1n) is 6.05. The summed E-state index contributed by atoms with van der Waals surface area (Å²) in [5.41, 5.74) is 5.87. The van der Waals surface area contributed by atoms with Gasteiger partial charge < -0.3 is 16.2 Å². The molecule has 1 aromatic carbocycles. The van der Waals surface area contributed by atoms with Gasteiger partial charge in [-0.15, -0.1) is 0 Å². The van der Waals surface area contributed by atoms with Gasteiger partial charge in [0.05, 0.1) is 17.3 Å². The molecule has 0 fully saturated rings. The average molecular weight is 285 g/mol. The van der Waals surface area contributed by atoms with Crippen LogP contribution in [0.25, 0.3) is 0 Å². The minimum Gasteiger partial charge on any atom is -0.478 e. The molecule has 1 atom stereocenters. The minimum atomic E-state index is -1.13. The van der Waals surface area contributed by atoms with E-state index in [2.05, 4.69) is 5.32 Å². The van der Waals surface area contributed by atoms with Crippen molar-refractivity contribution in [1.29, 1.82) is 0 Å². The van der Waals surface area contributed by atoms with Crippen LogP contribution in [0.4, 0.5) is 5.69 Å². The van der Waals surface area contributed by atoms with Crippen LogP contribution in [-0.4, -0.2) is 23.0 Å². The number of hydrogen-bond donors (Lipinski definition) is 3. The van der Waals surface area contributed by atoms with E-state index in [0.717, 1.165) is 12.8 Å². The van der Waals surface area contributed by atoms with E-state index < -0.39 is 17.9 Å². The molecule has 1 rings (SSSR count). The summed E-state index contributed by atoms with van der Waals surface area (Å²) < 4.78 is 0. The zero-order valence-electron chi connectivity index (χ0n) is 10.6. The number of carboxylic acids is 1. The summed E-state index contributed by atoms with van der Waals surface area (Å²) in [6.07, 6.45) is 2.35. The number of carbonyl (C=O) groups excluding carboxylic acids is 1. The molecule has 0 spiro atoms. The maximum absolute atomic E-state index is 11.8. The molecule has 1 amide bonds. The maximum Gasteiger partial charge on any atom is 0.337 e. The second-order valence-corrected chi connectivity index (χ2v) is 4.67. The van der Waals surface area contributed by atoms with Crippen molar-refractivity contribution < 1.29 is 14.7 Å². The van der Waals surface area contributed by atoms with Gasteiger partial charge in [0.25, 0.3) is 0 Å². The highest BCUT2D eigenvalue weighted by atomic mass is 35.5. The average Bonchev–Trinajstić information content (AvgIpc) is 2.35. The predicted molar refractivity (Wildman–Crippen MR) is 74.5 cm³/mol. The molecule has 0 radical (unpaired) electrons. The van der Waals surface area contributed by atoms with E-state index in [9.17, 15) is 9.59 Å². The van der Waals surface area contributed by atoms with Crippen LogP contribution in [0.2, 0.25) is 5.02 Å². The van der Waals surface area contributed by atoms with Crippen LogP contribution in [0.5, 0.6) is 0 Å². The molecule has 1 aromatic rings. The molecular formula is C13H17ClN2O3. The van der Waals surface area contributed by atoms with E-state index in [0.29, 0.717) is 11.4 Å². The van der Waals surface area contributed by atoms with Gasteiger partial charge in [-0.25, -0.2) is 4.79 Å². The number of carbonyl (C=O) groups is 2. The first-order chi connectivity index (χ1) is 8.95. The summed E-state index contributed by atoms with van der Waals surface area (Å²) in [5, 5.41) is 11.9. The Morgan fingerprint density at radius 1 is 1.47 bits per heavy atom. The second kappa shape index (κ2) is 7.11. The van der Waals surface area contributed by atoms with Gasteiger partial charge in [0, 0.05) is 5.02 Å². The number of hydrogen-bond acceptors (Lipinski definition) is 3. The molecule has 104 valence electrons. The summed E-state index contributed by atoms with van der Waals surface area (Å²) in [6.45, 7) is 2.00. The maximum atomic E-state index is 11.8. The molecular weight excluding hydrogens is 268 g/mol. The highest BCUT2D eigenvalue weighted by molar-refractivity contribution is 6.31. The molecule has 0 aliphatic carbocycles. The van der Waals surface area contributed by atoms with Crippen molar-refractivity contribution in [1.82, 2.24) is 0 Å². The van der Waals surface area contributed by atoms with Crippen molar-refractivity contribution in [3.63, 3.8) is 0 Å². The van der Waals surface area contributed by atoms with Gasteiger partial charge in [0.2, 0.25) is 5.91 Å². The lowest BCUT2D eigenvalue weighted by molar-refractivity contribution is -0.117. The quantitative estimate of drug-likeness (QED) is 0.748. The minimum absolute atomic E-state index is 0.0135. The van der Waals surface area contributed by atoms with Crippen LogP contribution in [0, 0.1) is 0 Å². The number of carboxylic acid groups (broad SMARTS) is 1. The van der Waals surface area contributed by atoms with Gasteiger partial charge in [-0.3, -0.25) is 4.79 Å². The number of benzene rings is 1. The first kappa shape index (κ1) is 15.5. The van der Waals surface area contributed by atoms with E-state index in [1.165, 1.54) is 18.2 Å². The van der Waals surface area contributed by atoms with Gasteiger partial charge in [0.15, 0.2) is 0 Å². The highest BCUT2D eigenvalue weighted by Crippen LogP contribution is 2.21. The third kappa shape index (κ3) is 4.54. The van der Waals surface area contributed by atoms with Gasteiger partial charge in [0.1, 0.15) is 0 Å². The molecule has 1 unspecified atom stereocenters. The van der Waals surface area contributed by atoms with Crippen LogP contribution in [-0.2, 0) is 4.79 Å². The lowest BCUT2D eigenvalue weighted by Gasteiger charge is -2.13. The van der Waals surface area contributed by atoms with Gasteiger partial charge in [-0.2, -0.15) is 0 Å². The van der Waals surface area contributed by atoms with E-state index >= 15 is 0 Å². The standard InChI is InChI=1S/C13H17ClN2O3/c1-2-3-4-10(15)12(17)16-11-7-8(14)5-6-9(11)13(18)19/h5-7,10H,2-4,15H2,1H3,(H,16,17)(H,18,19). The molecule has 0 heterocycles. The molecule has 0 aliphatic heterocycles. The summed E-state index contributed by atoms with van der Waals surface area (Å²) in [5.74, 6) is -1.53. The number of aromatic carboxylic acids is 1. The predicted octanol–water partition coefficient (Wildman–Crippen LogP) is 2.49. The fourth-order valence-corrected chi connectivity index (χ4v) is 1.76. The van der Waals surface area contributed by atoms with Crippen molar-refractivity contribution in [2.75, 3.05) is 5.32 Å². The smallest absolute Gasteiger partial charge is 0.337 e. The monoisotopic (exact) mass is 284 g/mol. The molecule has 5 nitrogen and oxygen atoms in total. The molecule has 4 N–H and O–H groups in total. The van der Waals surface area contributed by atoms with Crippen LogP contribution < -0.4 is 11.1 Å². The first-order valence-corrected chi connectivity index (χ1v) is 6.42. The number of amides is 1. The van der Waals surface area contributed by atoms with Crippen molar-refractivity contribution >= 4 is 29.2 Å². The molecule has 6 heteroatoms. The molecule has 0 aliphatic rings. The SMILES string of the molecule is CCCCC(N)C(=O)Nc1cc(Cl)ccc1C(=O)O. The fourth-order valence-electron chi connectivity index (χ4n) is 1.59. The Labute approximate surface area is 116 Å². The fraction of sp³-hybridized carbons (Fsp3) is 0.385. The lowest BCUT2D eigenvalue weighted by Crippen LogP contribution is -2.35. The Balaban J connectivity index is 2.83. The summed E-state index contributed by atoms with van der Waals surface area (Å²) in [7, 11) is 0. The Morgan fingerprint density at radius 3 is 2.74 bits per heavy atom. The molecule has 0 aromatic heterocycles. The second-order valence-electron chi connectivity index (χ2n) is 4.23. The van der Waals surface area contributed by atoms with E-state index in [1.54, 1.807) is 0 Å². The number of halogens is 1. The molecule has 19 heavy (non-hydrogen) atoms. The van der Waals surface area contributed by atoms with Crippen LogP contribution in [0.15, 0.2) is 18.2 Å². The van der Waals surface area contributed by atoms with Crippen molar-refractivity contribution in [3.05, 3.63) is 28.8 Å². The number of rotatable bonds is 6. The van der Waals surface area contributed by atoms with Crippen LogP contribution in [0.3, 0.4) is 0 Å². The zero-order chi connectivity index (χ0) is 14.4. The highest BCUT2D eigenvalue weighted by Gasteiger charge is 2.17. The van der Waals surface area contributed by atoms with Gasteiger partial charge >= 0.3 is 5.97 Å². The van der Waals surface area contributed by atoms with Gasteiger partial charge in [-0.1, -0.05) is 31.4 Å². The number of anilines is 1. The summed E-state index contributed by atoms with van der Waals surface area (Å²) in [4.78, 5) is 22.9. The zero-order valence-corrected chi connectivity index (χ0v) is 11.4. The van der Waals surface area contributed by atoms with Crippen molar-refractivity contribution in [2.24, 2.45) is 5.73 Å². The largest absolute Gasteiger partial charge is 0.478 e. The van der Waals surface area contributed by atoms with Crippen molar-refractivity contribution in [3.8, 4) is 0 Å². The number of nitrogens with two attached hydrogens (primary N) is 1. The third-order valence-electron chi connectivity index (χ3n) is 2.68. The van der Waals surface area contributed by atoms with E-state index in [1.807, 2.05) is 6.92 Å². The van der Waals surface area contributed by atoms with E-state index in [-0.39, 0.29) is 11.3 Å². The number of unbranched alkanes of at least 4 members (excludes halogenated alkanes) is 1. The summed E-state index contributed by atoms with van der Waals surface area (Å²) >= 11 is 5.79. The Bertz CT molecular complexity index is 477. The van der Waals surface area contributed by atoms with Gasteiger partial charge in [-0.05, 0) is 24.6 Å². The summed E-state index contributed by atoms with van der Waals surface area (Å²) in [6, 6.07) is 3.55. The number of nitrogens with one attached hydrogen (secondary N) is 1. The lowest BCUT2D eigenvalue weighted by atomic mass is 10.1. The van der Waals surface area contributed by atoms with Crippen molar-refractivity contribution in [2.45, 2.75) is 32.2 Å². The molecule has 0 saturated carbocycles. The van der Waals surface area contributed by atoms with E-state index in [4.69, 9.17) is 22.4 Å². The topological polar surface area (TPSA) is 92.4 Å². The third-order valence-corrected chi connectivity index (χ3v) is 2.91. The molecule has 0 saturated heterocycles. The Morgan fingerprint density at radius 2 is 2.16 bits per heavy atom. The molecule has 0 bridgehead atoms. The van der Waals surface area contributed by atoms with Crippen LogP contribution in [0.1, 0.15) is 36.5 Å².